The van der Waals surface area contributed by atoms with Crippen molar-refractivity contribution < 1.29 is 9.53 Å². The molecule has 0 saturated carbocycles. The maximum absolute atomic E-state index is 12.7. The zero-order valence-electron chi connectivity index (χ0n) is 15.1. The van der Waals surface area contributed by atoms with Crippen molar-refractivity contribution in [3.05, 3.63) is 53.6 Å². The molecule has 2 aromatic carbocycles. The van der Waals surface area contributed by atoms with Gasteiger partial charge < -0.3 is 9.64 Å². The van der Waals surface area contributed by atoms with E-state index < -0.39 is 0 Å². The number of ketones is 1. The van der Waals surface area contributed by atoms with Gasteiger partial charge in [-0.3, -0.25) is 4.79 Å². The molecule has 1 fully saturated rings. The van der Waals surface area contributed by atoms with Gasteiger partial charge in [-0.2, -0.15) is 0 Å². The number of hydrogen-bond donors (Lipinski definition) is 0. The predicted octanol–water partition coefficient (Wildman–Crippen LogP) is 4.83. The third kappa shape index (κ3) is 3.97. The molecule has 2 aromatic rings. The molecular weight excluding hydrogens is 342 g/mol. The standard InChI is InChI=1S/C22H25NO2S/c24-19-16-17-8-2-3-11-21(17)26-22-18(19)9-6-10-20(22)25-15-7-14-23-12-4-1-5-13-23/h2-3,6,8-11H,1,4-5,7,12-16H2. The van der Waals surface area contributed by atoms with E-state index in [9.17, 15) is 4.79 Å². The van der Waals surface area contributed by atoms with Gasteiger partial charge in [0.15, 0.2) is 5.78 Å². The van der Waals surface area contributed by atoms with Crippen LogP contribution in [0.15, 0.2) is 52.3 Å². The van der Waals surface area contributed by atoms with Gasteiger partial charge in [0.25, 0.3) is 0 Å². The third-order valence-electron chi connectivity index (χ3n) is 5.14. The van der Waals surface area contributed by atoms with Crippen LogP contribution < -0.4 is 4.74 Å². The van der Waals surface area contributed by atoms with E-state index in [1.165, 1.54) is 32.4 Å². The van der Waals surface area contributed by atoms with Crippen molar-refractivity contribution in [2.75, 3.05) is 26.2 Å². The van der Waals surface area contributed by atoms with E-state index in [2.05, 4.69) is 11.0 Å². The Bertz CT molecular complexity index is 783. The number of ether oxygens (including phenoxy) is 1. The molecule has 2 heterocycles. The zero-order valence-corrected chi connectivity index (χ0v) is 15.9. The summed E-state index contributed by atoms with van der Waals surface area (Å²) in [5.74, 6) is 1.02. The van der Waals surface area contributed by atoms with Gasteiger partial charge in [0.1, 0.15) is 5.75 Å². The minimum Gasteiger partial charge on any atom is -0.492 e. The van der Waals surface area contributed by atoms with Crippen LogP contribution in [0.1, 0.15) is 41.6 Å². The monoisotopic (exact) mass is 367 g/mol. The molecule has 2 aliphatic rings. The minimum atomic E-state index is 0.177. The number of rotatable bonds is 5. The predicted molar refractivity (Wildman–Crippen MR) is 105 cm³/mol. The summed E-state index contributed by atoms with van der Waals surface area (Å²) in [6, 6.07) is 14.0. The number of benzene rings is 2. The van der Waals surface area contributed by atoms with Gasteiger partial charge in [-0.25, -0.2) is 0 Å². The molecule has 1 saturated heterocycles. The van der Waals surface area contributed by atoms with Crippen LogP contribution in [0.2, 0.25) is 0 Å². The van der Waals surface area contributed by atoms with Crippen LogP contribution >= 0.6 is 11.8 Å². The first-order valence-corrected chi connectivity index (χ1v) is 10.4. The van der Waals surface area contributed by atoms with E-state index in [-0.39, 0.29) is 5.78 Å². The minimum absolute atomic E-state index is 0.177. The van der Waals surface area contributed by atoms with Crippen LogP contribution in [0.3, 0.4) is 0 Å². The van der Waals surface area contributed by atoms with E-state index in [1.807, 2.05) is 36.4 Å². The van der Waals surface area contributed by atoms with Crippen LogP contribution in [0, 0.1) is 0 Å². The van der Waals surface area contributed by atoms with Crippen molar-refractivity contribution in [1.29, 1.82) is 0 Å². The highest BCUT2D eigenvalue weighted by molar-refractivity contribution is 7.99. The summed E-state index contributed by atoms with van der Waals surface area (Å²) < 4.78 is 6.11. The number of Topliss-reactive ketones (excluding diaryl/α,β-unsaturated/α-hetero) is 1. The molecule has 136 valence electrons. The average Bonchev–Trinajstić information content (AvgIpc) is 2.82. The van der Waals surface area contributed by atoms with E-state index in [0.717, 1.165) is 39.6 Å². The fourth-order valence-corrected chi connectivity index (χ4v) is 4.89. The second kappa shape index (κ2) is 8.28. The summed E-state index contributed by atoms with van der Waals surface area (Å²) in [6.07, 6.45) is 5.51. The van der Waals surface area contributed by atoms with Crippen LogP contribution in [0.5, 0.6) is 5.75 Å². The Labute approximate surface area is 159 Å². The number of likely N-dealkylation sites (tertiary alicyclic amines) is 1. The van der Waals surface area contributed by atoms with Crippen LogP contribution in [0.25, 0.3) is 0 Å². The molecule has 3 nitrogen and oxygen atoms in total. The molecule has 0 radical (unpaired) electrons. The van der Waals surface area contributed by atoms with Gasteiger partial charge in [-0.05, 0) is 56.1 Å². The highest BCUT2D eigenvalue weighted by Gasteiger charge is 2.23. The van der Waals surface area contributed by atoms with Crippen molar-refractivity contribution in [2.24, 2.45) is 0 Å². The Morgan fingerprint density at radius 3 is 2.73 bits per heavy atom. The summed E-state index contributed by atoms with van der Waals surface area (Å²) in [7, 11) is 0. The van der Waals surface area contributed by atoms with E-state index in [1.54, 1.807) is 11.8 Å². The van der Waals surface area contributed by atoms with Crippen molar-refractivity contribution in [3.8, 4) is 5.75 Å². The largest absolute Gasteiger partial charge is 0.492 e. The maximum Gasteiger partial charge on any atom is 0.168 e. The zero-order chi connectivity index (χ0) is 17.8. The Balaban J connectivity index is 1.45. The molecule has 0 amide bonds. The molecule has 4 rings (SSSR count). The number of carbonyl (C=O) groups excluding carboxylic acids is 1. The molecule has 0 N–H and O–H groups in total. The van der Waals surface area contributed by atoms with Crippen molar-refractivity contribution in [3.63, 3.8) is 0 Å². The maximum atomic E-state index is 12.7. The lowest BCUT2D eigenvalue weighted by Gasteiger charge is -2.26. The second-order valence-corrected chi connectivity index (χ2v) is 8.10. The molecular formula is C22H25NO2S. The Morgan fingerprint density at radius 2 is 1.85 bits per heavy atom. The fourth-order valence-electron chi connectivity index (χ4n) is 3.74. The topological polar surface area (TPSA) is 29.5 Å². The van der Waals surface area contributed by atoms with Gasteiger partial charge in [0.2, 0.25) is 0 Å². The van der Waals surface area contributed by atoms with E-state index >= 15 is 0 Å². The van der Waals surface area contributed by atoms with Gasteiger partial charge in [-0.15, -0.1) is 0 Å². The second-order valence-electron chi connectivity index (χ2n) is 7.05. The Morgan fingerprint density at radius 1 is 1.00 bits per heavy atom. The molecule has 2 aliphatic heterocycles. The average molecular weight is 368 g/mol. The third-order valence-corrected chi connectivity index (χ3v) is 6.38. The first-order chi connectivity index (χ1) is 12.8. The molecule has 0 aliphatic carbocycles. The highest BCUT2D eigenvalue weighted by atomic mass is 32.2. The molecule has 0 atom stereocenters. The first kappa shape index (κ1) is 17.6. The lowest BCUT2D eigenvalue weighted by Crippen LogP contribution is -2.31. The van der Waals surface area contributed by atoms with Crippen LogP contribution in [0.4, 0.5) is 0 Å². The highest BCUT2D eigenvalue weighted by Crippen LogP contribution is 2.42. The van der Waals surface area contributed by atoms with Gasteiger partial charge >= 0.3 is 0 Å². The summed E-state index contributed by atoms with van der Waals surface area (Å²) >= 11 is 1.66. The number of nitrogens with zero attached hydrogens (tertiary/aromatic N) is 1. The number of fused-ring (bicyclic) bond motifs is 2. The molecule has 0 spiro atoms. The molecule has 26 heavy (non-hydrogen) atoms. The summed E-state index contributed by atoms with van der Waals surface area (Å²) in [5, 5.41) is 0. The Kier molecular flexibility index (Phi) is 5.61. The fraction of sp³-hybridized carbons (Fsp3) is 0.409. The van der Waals surface area contributed by atoms with Gasteiger partial charge in [0.05, 0.1) is 11.5 Å². The smallest absolute Gasteiger partial charge is 0.168 e. The normalized spacial score (nSPS) is 17.3. The summed E-state index contributed by atoms with van der Waals surface area (Å²) in [5.41, 5.74) is 1.90. The van der Waals surface area contributed by atoms with Crippen molar-refractivity contribution in [1.82, 2.24) is 4.90 Å². The lowest BCUT2D eigenvalue weighted by atomic mass is 10.0. The number of piperidine rings is 1. The van der Waals surface area contributed by atoms with Gasteiger partial charge in [0, 0.05) is 23.4 Å². The lowest BCUT2D eigenvalue weighted by molar-refractivity contribution is 0.0989. The van der Waals surface area contributed by atoms with Crippen molar-refractivity contribution >= 4 is 17.5 Å². The van der Waals surface area contributed by atoms with E-state index in [4.69, 9.17) is 4.74 Å². The van der Waals surface area contributed by atoms with Crippen LogP contribution in [-0.2, 0) is 6.42 Å². The number of hydrogen-bond acceptors (Lipinski definition) is 4. The molecule has 0 unspecified atom stereocenters. The summed E-state index contributed by atoms with van der Waals surface area (Å²) in [6.45, 7) is 4.25. The SMILES string of the molecule is O=C1Cc2ccccc2Sc2c(OCCCN3CCCCC3)cccc21. The summed E-state index contributed by atoms with van der Waals surface area (Å²) in [4.78, 5) is 17.3. The Hall–Kier alpha value is -1.78. The van der Waals surface area contributed by atoms with E-state index in [0.29, 0.717) is 13.0 Å². The van der Waals surface area contributed by atoms with Gasteiger partial charge in [-0.1, -0.05) is 42.4 Å². The molecule has 4 heteroatoms. The molecule has 0 bridgehead atoms. The molecule has 0 aromatic heterocycles. The van der Waals surface area contributed by atoms with Crippen LogP contribution in [-0.4, -0.2) is 36.9 Å². The first-order valence-electron chi connectivity index (χ1n) is 9.58. The number of carbonyl (C=O) groups is 1. The quantitative estimate of drug-likeness (QED) is 0.708. The van der Waals surface area contributed by atoms with Crippen molar-refractivity contribution in [2.45, 2.75) is 41.9 Å².